The number of amides is 1. The molecule has 0 aromatic carbocycles. The van der Waals surface area contributed by atoms with Crippen LogP contribution in [0.3, 0.4) is 0 Å². The van der Waals surface area contributed by atoms with Gasteiger partial charge in [-0.3, -0.25) is 14.3 Å². The Morgan fingerprint density at radius 3 is 2.42 bits per heavy atom. The first-order valence-corrected chi connectivity index (χ1v) is 14.5. The molecule has 8 N–H and O–H groups in total. The number of nitrogens with zero attached hydrogens (tertiary/aromatic N) is 1. The fourth-order valence-corrected chi connectivity index (χ4v) is 5.74. The van der Waals surface area contributed by atoms with Gasteiger partial charge >= 0.3 is 7.82 Å². The summed E-state index contributed by atoms with van der Waals surface area (Å²) < 4.78 is 33.6. The molecule has 15 nitrogen and oxygen atoms in total. The zero-order chi connectivity index (χ0) is 30.0. The van der Waals surface area contributed by atoms with Crippen molar-refractivity contribution in [2.45, 2.75) is 100 Å². The lowest BCUT2D eigenvalue weighted by molar-refractivity contribution is -0.449. The summed E-state index contributed by atoms with van der Waals surface area (Å²) in [5.41, 5.74) is 0.496. The summed E-state index contributed by atoms with van der Waals surface area (Å²) in [6.45, 7) is 8.49. The summed E-state index contributed by atoms with van der Waals surface area (Å²) in [6.07, 6.45) is -4.16. The van der Waals surface area contributed by atoms with E-state index < -0.39 is 80.6 Å². The molecule has 0 aromatic heterocycles. The molecule has 3 rings (SSSR count). The Balaban J connectivity index is 1.73. The van der Waals surface area contributed by atoms with Crippen LogP contribution < -0.4 is 16.0 Å². The number of fused-ring (bicyclic) bond motifs is 2. The number of aliphatic hydroxyl groups is 3. The van der Waals surface area contributed by atoms with Crippen molar-refractivity contribution >= 4 is 19.9 Å². The third kappa shape index (κ3) is 7.24. The lowest BCUT2D eigenvalue weighted by Gasteiger charge is -2.58. The van der Waals surface area contributed by atoms with Crippen molar-refractivity contribution < 1.29 is 53.2 Å². The van der Waals surface area contributed by atoms with Gasteiger partial charge in [0, 0.05) is 11.9 Å². The number of allylic oxidation sites excluding steroid dienone is 1. The quantitative estimate of drug-likeness (QED) is 0.106. The van der Waals surface area contributed by atoms with Gasteiger partial charge < -0.3 is 55.3 Å². The van der Waals surface area contributed by atoms with E-state index in [4.69, 9.17) is 24.0 Å². The highest BCUT2D eigenvalue weighted by atomic mass is 31.2. The van der Waals surface area contributed by atoms with E-state index >= 15 is 0 Å². The Morgan fingerprint density at radius 1 is 1.20 bits per heavy atom. The number of hydrogen-bond donors (Lipinski definition) is 8. The lowest BCUT2D eigenvalue weighted by Crippen LogP contribution is -2.79. The van der Waals surface area contributed by atoms with Crippen LogP contribution in [0.25, 0.3) is 0 Å². The van der Waals surface area contributed by atoms with Gasteiger partial charge in [0.15, 0.2) is 0 Å². The van der Waals surface area contributed by atoms with Gasteiger partial charge in [-0.05, 0) is 46.9 Å². The average Bonchev–Trinajstić information content (AvgIpc) is 2.86. The van der Waals surface area contributed by atoms with Crippen LogP contribution >= 0.6 is 7.82 Å². The number of phosphoric acid groups is 1. The Labute approximate surface area is 232 Å². The number of likely N-dealkylation sites (N-methyl/N-ethyl adjacent to an activating group) is 2. The molecule has 11 atom stereocenters. The van der Waals surface area contributed by atoms with Crippen molar-refractivity contribution in [2.24, 2.45) is 4.99 Å². The standard InChI is InChI=1S/C24H41N4O11P/c1-7-14(27-10-11(2)13(4)39-40(33,34)35)9-16(29)28-15-8-12(3)36-23-24(15,32)38-21-18(26-6)19(30)17(25-5)20(31)22(21)37-23/h7,10,12-13,15,17-23,25-26,30-32H,2,8-9H2,1,3-6H3,(H,28,29)(H2,33,34,35)/b14-7-,27-10?/t12-,13?,15-,17-,18+,19+,20+,21-,22-,23+,24+/m1/s1. The average molecular weight is 593 g/mol. The minimum absolute atomic E-state index is 0.177. The normalized spacial score (nSPS) is 39.4. The Kier molecular flexibility index (Phi) is 10.8. The third-order valence-electron chi connectivity index (χ3n) is 7.37. The smallest absolute Gasteiger partial charge is 0.390 e. The highest BCUT2D eigenvalue weighted by Gasteiger charge is 2.63. The molecular formula is C24H41N4O11P. The molecule has 228 valence electrons. The van der Waals surface area contributed by atoms with Gasteiger partial charge in [0.25, 0.3) is 0 Å². The molecule has 0 bridgehead atoms. The number of aliphatic hydroxyl groups excluding tert-OH is 2. The number of hydrogen-bond acceptors (Lipinski definition) is 12. The summed E-state index contributed by atoms with van der Waals surface area (Å²) in [4.78, 5) is 35.1. The highest BCUT2D eigenvalue weighted by molar-refractivity contribution is 7.46. The number of rotatable bonds is 10. The number of carbonyl (C=O) groups excluding carboxylic acids is 1. The van der Waals surface area contributed by atoms with Crippen molar-refractivity contribution in [3.8, 4) is 0 Å². The van der Waals surface area contributed by atoms with Gasteiger partial charge in [-0.1, -0.05) is 12.7 Å². The van der Waals surface area contributed by atoms with E-state index in [1.807, 2.05) is 0 Å². The first-order valence-electron chi connectivity index (χ1n) is 13.0. The van der Waals surface area contributed by atoms with Gasteiger partial charge in [-0.15, -0.1) is 0 Å². The summed E-state index contributed by atoms with van der Waals surface area (Å²) in [5, 5.41) is 41.9. The van der Waals surface area contributed by atoms with Crippen LogP contribution in [0.15, 0.2) is 28.9 Å². The van der Waals surface area contributed by atoms with Crippen LogP contribution in [-0.4, -0.2) is 118 Å². The van der Waals surface area contributed by atoms with E-state index in [9.17, 15) is 24.7 Å². The number of carbonyl (C=O) groups is 1. The van der Waals surface area contributed by atoms with E-state index in [1.165, 1.54) is 13.1 Å². The molecular weight excluding hydrogens is 551 g/mol. The fourth-order valence-electron chi connectivity index (χ4n) is 5.19. The molecule has 40 heavy (non-hydrogen) atoms. The van der Waals surface area contributed by atoms with Crippen LogP contribution in [0, 0.1) is 0 Å². The van der Waals surface area contributed by atoms with Gasteiger partial charge in [0.05, 0.1) is 42.9 Å². The van der Waals surface area contributed by atoms with Gasteiger partial charge in [0.1, 0.15) is 18.3 Å². The summed E-state index contributed by atoms with van der Waals surface area (Å²) in [7, 11) is -1.50. The molecule has 3 fully saturated rings. The highest BCUT2D eigenvalue weighted by Crippen LogP contribution is 2.42. The van der Waals surface area contributed by atoms with Crippen molar-refractivity contribution in [3.05, 3.63) is 23.9 Å². The number of aliphatic imine (C=N–C) groups is 1. The minimum atomic E-state index is -4.72. The van der Waals surface area contributed by atoms with E-state index in [2.05, 4.69) is 32.0 Å². The molecule has 1 unspecified atom stereocenters. The molecule has 0 radical (unpaired) electrons. The van der Waals surface area contributed by atoms with Gasteiger partial charge in [0.2, 0.25) is 18.0 Å². The van der Waals surface area contributed by atoms with Crippen LogP contribution in [0.5, 0.6) is 0 Å². The van der Waals surface area contributed by atoms with Gasteiger partial charge in [-0.25, -0.2) is 4.57 Å². The van der Waals surface area contributed by atoms with E-state index in [0.717, 1.165) is 0 Å². The predicted octanol–water partition coefficient (Wildman–Crippen LogP) is -1.59. The van der Waals surface area contributed by atoms with E-state index in [-0.39, 0.29) is 18.4 Å². The Hall–Kier alpha value is -1.59. The van der Waals surface area contributed by atoms with Crippen molar-refractivity contribution in [1.29, 1.82) is 0 Å². The topological polar surface area (TPSA) is 221 Å². The Bertz CT molecular complexity index is 1040. The van der Waals surface area contributed by atoms with Crippen molar-refractivity contribution in [2.75, 3.05) is 14.1 Å². The minimum Gasteiger partial charge on any atom is -0.390 e. The molecule has 16 heteroatoms. The molecule has 3 aliphatic rings. The van der Waals surface area contributed by atoms with Crippen LogP contribution in [0.2, 0.25) is 0 Å². The first-order chi connectivity index (χ1) is 18.6. The maximum Gasteiger partial charge on any atom is 0.470 e. The van der Waals surface area contributed by atoms with E-state index in [0.29, 0.717) is 5.70 Å². The summed E-state index contributed by atoms with van der Waals surface area (Å²) in [5.74, 6) is -2.63. The van der Waals surface area contributed by atoms with Crippen molar-refractivity contribution in [1.82, 2.24) is 16.0 Å². The molecule has 0 spiro atoms. The lowest BCUT2D eigenvalue weighted by atomic mass is 9.79. The SMILES string of the molecule is C=C(C=N/C(=C\C)CC(=O)N[C@@H]1C[C@@H](C)O[C@H]2O[C@@H]3[C@@H](O)[C@H](NC)[C@H](O)[C@H](NC)[C@H]3O[C@]21O)C(C)OP(=O)(O)O. The van der Waals surface area contributed by atoms with Crippen LogP contribution in [-0.2, 0) is 28.1 Å². The van der Waals surface area contributed by atoms with Crippen LogP contribution in [0.1, 0.15) is 33.6 Å². The number of ether oxygens (including phenoxy) is 3. The third-order valence-corrected chi connectivity index (χ3v) is 7.97. The molecule has 1 amide bonds. The molecule has 1 aliphatic carbocycles. The Morgan fingerprint density at radius 2 is 1.85 bits per heavy atom. The summed E-state index contributed by atoms with van der Waals surface area (Å²) in [6, 6.07) is -2.43. The summed E-state index contributed by atoms with van der Waals surface area (Å²) >= 11 is 0. The monoisotopic (exact) mass is 592 g/mol. The van der Waals surface area contributed by atoms with Crippen LogP contribution in [0.4, 0.5) is 0 Å². The molecule has 2 aliphatic heterocycles. The maximum absolute atomic E-state index is 13.0. The van der Waals surface area contributed by atoms with Gasteiger partial charge in [-0.2, -0.15) is 0 Å². The first kappa shape index (κ1) is 32.9. The molecule has 0 aromatic rings. The van der Waals surface area contributed by atoms with Crippen molar-refractivity contribution in [3.63, 3.8) is 0 Å². The predicted molar refractivity (Wildman–Crippen MR) is 142 cm³/mol. The second kappa shape index (κ2) is 13.2. The molecule has 2 saturated heterocycles. The molecule has 2 heterocycles. The molecule has 1 saturated carbocycles. The number of nitrogens with one attached hydrogen (secondary N) is 3. The zero-order valence-electron chi connectivity index (χ0n) is 23.1. The fraction of sp³-hybridized carbons (Fsp3) is 0.750. The maximum atomic E-state index is 13.0. The zero-order valence-corrected chi connectivity index (χ0v) is 24.0. The number of phosphoric ester groups is 1. The van der Waals surface area contributed by atoms with E-state index in [1.54, 1.807) is 34.0 Å². The largest absolute Gasteiger partial charge is 0.470 e. The second-order valence-corrected chi connectivity index (χ2v) is 11.4. The second-order valence-electron chi connectivity index (χ2n) is 10.2.